The van der Waals surface area contributed by atoms with Crippen molar-refractivity contribution in [2.45, 2.75) is 6.92 Å². The summed E-state index contributed by atoms with van der Waals surface area (Å²) in [5.74, 6) is -0.0421. The van der Waals surface area contributed by atoms with Crippen molar-refractivity contribution in [3.8, 4) is 5.75 Å². The average molecular weight is 321 g/mol. The molecule has 0 saturated heterocycles. The first-order valence-electron chi connectivity index (χ1n) is 4.00. The lowest BCUT2D eigenvalue weighted by atomic mass is 10.1. The maximum atomic E-state index is 11.2. The molecule has 0 unspecified atom stereocenters. The second-order valence-corrected chi connectivity index (χ2v) is 3.98. The van der Waals surface area contributed by atoms with E-state index in [9.17, 15) is 14.9 Å². The Kier molecular flexibility index (Phi) is 3.61. The molecule has 15 heavy (non-hydrogen) atoms. The van der Waals surface area contributed by atoms with Crippen LogP contribution in [0.5, 0.6) is 5.75 Å². The normalized spacial score (nSPS) is 9.80. The van der Waals surface area contributed by atoms with E-state index in [2.05, 4.69) is 0 Å². The Morgan fingerprint density at radius 2 is 2.13 bits per heavy atom. The lowest BCUT2D eigenvalue weighted by molar-refractivity contribution is -0.385. The summed E-state index contributed by atoms with van der Waals surface area (Å²) in [7, 11) is 1.35. The molecule has 0 aliphatic rings. The van der Waals surface area contributed by atoms with E-state index in [1.807, 2.05) is 22.6 Å². The summed E-state index contributed by atoms with van der Waals surface area (Å²) in [5.41, 5.74) is 0.145. The van der Waals surface area contributed by atoms with E-state index in [0.717, 1.165) is 0 Å². The fourth-order valence-electron chi connectivity index (χ4n) is 1.12. The molecule has 0 heterocycles. The molecular formula is C9H8INO4. The molecule has 0 amide bonds. The third-order valence-corrected chi connectivity index (χ3v) is 2.74. The molecule has 0 aliphatic heterocycles. The molecule has 0 spiro atoms. The maximum Gasteiger partial charge on any atom is 0.311 e. The molecule has 1 rings (SSSR count). The largest absolute Gasteiger partial charge is 0.490 e. The van der Waals surface area contributed by atoms with Gasteiger partial charge in [-0.25, -0.2) is 0 Å². The number of rotatable bonds is 3. The molecule has 6 heteroatoms. The zero-order chi connectivity index (χ0) is 11.6. The van der Waals surface area contributed by atoms with Crippen LogP contribution in [0.25, 0.3) is 0 Å². The van der Waals surface area contributed by atoms with Crippen LogP contribution < -0.4 is 4.74 Å². The Morgan fingerprint density at radius 3 is 2.53 bits per heavy atom. The molecule has 0 fully saturated rings. The van der Waals surface area contributed by atoms with E-state index in [1.165, 1.54) is 26.2 Å². The number of carbonyl (C=O) groups excluding carboxylic acids is 1. The van der Waals surface area contributed by atoms with Crippen molar-refractivity contribution in [2.24, 2.45) is 0 Å². The summed E-state index contributed by atoms with van der Waals surface area (Å²) in [5, 5.41) is 10.7. The molecule has 0 atom stereocenters. The number of nitrogens with zero attached hydrogens (tertiary/aromatic N) is 1. The van der Waals surface area contributed by atoms with Crippen LogP contribution in [0.2, 0.25) is 0 Å². The van der Waals surface area contributed by atoms with Gasteiger partial charge in [0.25, 0.3) is 0 Å². The van der Waals surface area contributed by atoms with Gasteiger partial charge in [-0.1, -0.05) is 0 Å². The SMILES string of the molecule is COc1cc(I)c(C(C)=O)cc1[N+](=O)[O-]. The van der Waals surface area contributed by atoms with E-state index >= 15 is 0 Å². The molecule has 0 radical (unpaired) electrons. The smallest absolute Gasteiger partial charge is 0.311 e. The van der Waals surface area contributed by atoms with Crippen LogP contribution in [-0.2, 0) is 0 Å². The number of benzene rings is 1. The third kappa shape index (κ3) is 2.44. The summed E-state index contributed by atoms with van der Waals surface area (Å²) in [6, 6.07) is 2.72. The summed E-state index contributed by atoms with van der Waals surface area (Å²) in [4.78, 5) is 21.3. The number of carbonyl (C=O) groups is 1. The van der Waals surface area contributed by atoms with Gasteiger partial charge in [-0.05, 0) is 29.5 Å². The van der Waals surface area contributed by atoms with Gasteiger partial charge >= 0.3 is 5.69 Å². The Labute approximate surface area is 99.7 Å². The van der Waals surface area contributed by atoms with Crippen LogP contribution >= 0.6 is 22.6 Å². The molecule has 0 bridgehead atoms. The average Bonchev–Trinajstić information content (AvgIpc) is 2.16. The minimum absolute atomic E-state index is 0.161. The number of hydrogen-bond acceptors (Lipinski definition) is 4. The van der Waals surface area contributed by atoms with Gasteiger partial charge in [-0.3, -0.25) is 14.9 Å². The molecule has 5 nitrogen and oxygen atoms in total. The molecule has 80 valence electrons. The number of methoxy groups -OCH3 is 1. The van der Waals surface area contributed by atoms with E-state index in [4.69, 9.17) is 4.74 Å². The fraction of sp³-hybridized carbons (Fsp3) is 0.222. The summed E-state index contributed by atoms with van der Waals surface area (Å²) in [6.45, 7) is 1.37. The summed E-state index contributed by atoms with van der Waals surface area (Å²) >= 11 is 1.94. The van der Waals surface area contributed by atoms with Crippen molar-refractivity contribution < 1.29 is 14.5 Å². The number of nitro groups is 1. The van der Waals surface area contributed by atoms with Crippen molar-refractivity contribution in [3.05, 3.63) is 31.4 Å². The number of Topliss-reactive ketones (excluding diaryl/α,β-unsaturated/α-hetero) is 1. The van der Waals surface area contributed by atoms with Crippen molar-refractivity contribution in [1.82, 2.24) is 0 Å². The van der Waals surface area contributed by atoms with E-state index in [-0.39, 0.29) is 17.2 Å². The van der Waals surface area contributed by atoms with Crippen LogP contribution in [0.1, 0.15) is 17.3 Å². The predicted molar refractivity (Wildman–Crippen MR) is 62.4 cm³/mol. The van der Waals surface area contributed by atoms with Gasteiger partial charge in [0.1, 0.15) is 0 Å². The number of ether oxygens (including phenoxy) is 1. The highest BCUT2D eigenvalue weighted by molar-refractivity contribution is 14.1. The summed E-state index contributed by atoms with van der Waals surface area (Å²) in [6.07, 6.45) is 0. The molecular weight excluding hydrogens is 313 g/mol. The van der Waals surface area contributed by atoms with Crippen molar-refractivity contribution >= 4 is 34.1 Å². The van der Waals surface area contributed by atoms with Crippen LogP contribution in [-0.4, -0.2) is 17.8 Å². The Bertz CT molecular complexity index is 430. The number of nitro benzene ring substituents is 1. The van der Waals surface area contributed by atoms with Gasteiger partial charge < -0.3 is 4.74 Å². The van der Waals surface area contributed by atoms with Crippen molar-refractivity contribution in [1.29, 1.82) is 0 Å². The maximum absolute atomic E-state index is 11.2. The quantitative estimate of drug-likeness (QED) is 0.371. The predicted octanol–water partition coefficient (Wildman–Crippen LogP) is 2.41. The first-order chi connectivity index (χ1) is 6.97. The van der Waals surface area contributed by atoms with Crippen LogP contribution in [0.4, 0.5) is 5.69 Å². The minimum atomic E-state index is -0.568. The van der Waals surface area contributed by atoms with Gasteiger partial charge in [-0.15, -0.1) is 0 Å². The molecule has 1 aromatic rings. The monoisotopic (exact) mass is 321 g/mol. The molecule has 1 aromatic carbocycles. The van der Waals surface area contributed by atoms with Crippen molar-refractivity contribution in [2.75, 3.05) is 7.11 Å². The van der Waals surface area contributed by atoms with E-state index < -0.39 is 4.92 Å². The fourth-order valence-corrected chi connectivity index (χ4v) is 1.94. The standard InChI is InChI=1S/C9H8INO4/c1-5(12)6-3-8(11(13)14)9(15-2)4-7(6)10/h3-4H,1-2H3. The zero-order valence-electron chi connectivity index (χ0n) is 8.11. The number of ketones is 1. The second-order valence-electron chi connectivity index (χ2n) is 2.82. The van der Waals surface area contributed by atoms with Crippen LogP contribution in [0.15, 0.2) is 12.1 Å². The van der Waals surface area contributed by atoms with Crippen LogP contribution in [0.3, 0.4) is 0 Å². The highest BCUT2D eigenvalue weighted by atomic mass is 127. The first kappa shape index (κ1) is 11.9. The third-order valence-electron chi connectivity index (χ3n) is 1.84. The first-order valence-corrected chi connectivity index (χ1v) is 5.08. The number of halogens is 1. The van der Waals surface area contributed by atoms with Crippen molar-refractivity contribution in [3.63, 3.8) is 0 Å². The second kappa shape index (κ2) is 4.56. The van der Waals surface area contributed by atoms with Crippen LogP contribution in [0, 0.1) is 13.7 Å². The highest BCUT2D eigenvalue weighted by Gasteiger charge is 2.19. The topological polar surface area (TPSA) is 69.4 Å². The van der Waals surface area contributed by atoms with Gasteiger partial charge in [-0.2, -0.15) is 0 Å². The molecule has 0 aromatic heterocycles. The molecule has 0 N–H and O–H groups in total. The Morgan fingerprint density at radius 1 is 1.53 bits per heavy atom. The van der Waals surface area contributed by atoms with Gasteiger partial charge in [0.05, 0.1) is 12.0 Å². The molecule has 0 saturated carbocycles. The zero-order valence-corrected chi connectivity index (χ0v) is 10.3. The molecule has 0 aliphatic carbocycles. The van der Waals surface area contributed by atoms with Gasteiger partial charge in [0, 0.05) is 21.3 Å². The Hall–Kier alpha value is -1.18. The Balaban J connectivity index is 3.43. The van der Waals surface area contributed by atoms with E-state index in [1.54, 1.807) is 0 Å². The van der Waals surface area contributed by atoms with E-state index in [0.29, 0.717) is 9.13 Å². The van der Waals surface area contributed by atoms with Gasteiger partial charge in [0.2, 0.25) is 0 Å². The lowest BCUT2D eigenvalue weighted by Gasteiger charge is -2.05. The minimum Gasteiger partial charge on any atom is -0.490 e. The number of hydrogen-bond donors (Lipinski definition) is 0. The lowest BCUT2D eigenvalue weighted by Crippen LogP contribution is -2.01. The van der Waals surface area contributed by atoms with Gasteiger partial charge in [0.15, 0.2) is 11.5 Å². The summed E-state index contributed by atoms with van der Waals surface area (Å²) < 4.78 is 5.51. The highest BCUT2D eigenvalue weighted by Crippen LogP contribution is 2.31.